The molecule has 0 aromatic carbocycles. The fourth-order valence-corrected chi connectivity index (χ4v) is 12.2. The van der Waals surface area contributed by atoms with Crippen LogP contribution in [0.1, 0.15) is 0 Å². The molecule has 64 heavy (non-hydrogen) atoms. The van der Waals surface area contributed by atoms with Gasteiger partial charge in [0.15, 0.2) is 0 Å². The van der Waals surface area contributed by atoms with Gasteiger partial charge < -0.3 is 77.0 Å². The van der Waals surface area contributed by atoms with E-state index in [1.54, 1.807) is 0 Å². The second-order valence-electron chi connectivity index (χ2n) is 13.6. The molecule has 0 saturated carbocycles. The first-order valence-corrected chi connectivity index (χ1v) is 30.1. The van der Waals surface area contributed by atoms with Gasteiger partial charge in [0.25, 0.3) is 0 Å². The fourth-order valence-electron chi connectivity index (χ4n) is 4.06. The van der Waals surface area contributed by atoms with E-state index in [0.717, 1.165) is 9.80 Å². The zero-order chi connectivity index (χ0) is 49.0. The molecule has 0 amide bonds. The topological polar surface area (TPSA) is 310 Å². The van der Waals surface area contributed by atoms with Crippen LogP contribution in [-0.4, -0.2) is 238 Å². The molecular weight excluding hydrogens is 1120 g/mol. The Hall–Kier alpha value is 2.52. The first-order chi connectivity index (χ1) is 30.0. The average molecular weight is 1180 g/mol. The predicted molar refractivity (Wildman–Crippen MR) is 245 cm³/mol. The molecule has 0 bridgehead atoms. The molecule has 386 valence electrons. The smallest absolute Gasteiger partial charge is 0.344 e. The Kier molecular flexibility index (Phi) is 37.9. The van der Waals surface area contributed by atoms with Crippen molar-refractivity contribution in [2.24, 2.45) is 0 Å². The molecule has 0 aliphatic carbocycles. The maximum absolute atomic E-state index is 14.4. The van der Waals surface area contributed by atoms with Crippen LogP contribution >= 0.6 is 123 Å². The normalized spacial score (nSPS) is 20.1. The van der Waals surface area contributed by atoms with Gasteiger partial charge in [0, 0.05) is 13.1 Å². The van der Waals surface area contributed by atoms with Gasteiger partial charge in [-0.1, -0.05) is 0 Å². The lowest BCUT2D eigenvalue weighted by Crippen LogP contribution is -2.39. The van der Waals surface area contributed by atoms with E-state index in [-0.39, 0.29) is 47.0 Å². The van der Waals surface area contributed by atoms with Crippen molar-refractivity contribution in [2.45, 2.75) is 48.8 Å². The average Bonchev–Trinajstić information content (AvgIpc) is 3.29. The number of alkyl halides is 8. The highest BCUT2D eigenvalue weighted by atomic mass is 35.5. The summed E-state index contributed by atoms with van der Waals surface area (Å²) >= 11 is 45.7. The van der Waals surface area contributed by atoms with Gasteiger partial charge in [-0.05, 0) is 0 Å². The lowest BCUT2D eigenvalue weighted by Gasteiger charge is -2.34. The van der Waals surface area contributed by atoms with Gasteiger partial charge in [-0.2, -0.15) is 0 Å². The molecule has 22 nitrogen and oxygen atoms in total. The van der Waals surface area contributed by atoms with E-state index in [1.807, 2.05) is 0 Å². The van der Waals surface area contributed by atoms with Crippen LogP contribution in [0.4, 0.5) is 0 Å². The number of aliphatic hydroxyl groups is 8. The highest BCUT2D eigenvalue weighted by molar-refractivity contribution is 7.55. The Morgan fingerprint density at radius 3 is 0.531 bits per heavy atom. The third-order valence-electron chi connectivity index (χ3n) is 7.36. The Morgan fingerprint density at radius 1 is 0.297 bits per heavy atom. The Labute approximate surface area is 412 Å². The molecule has 8 atom stereocenters. The van der Waals surface area contributed by atoms with Crippen molar-refractivity contribution in [2.75, 3.05) is 138 Å². The van der Waals surface area contributed by atoms with E-state index in [0.29, 0.717) is 0 Å². The molecule has 8 unspecified atom stereocenters. The number of halogens is 8. The maximum atomic E-state index is 14.4. The fraction of sp³-hybridized carbons (Fsp3) is 1.00. The molecule has 0 spiro atoms. The monoisotopic (exact) mass is 1170 g/mol. The summed E-state index contributed by atoms with van der Waals surface area (Å²) in [7, 11) is -18.4. The molecule has 8 N–H and O–H groups in total. The predicted octanol–water partition coefficient (Wildman–Crippen LogP) is 3.12. The van der Waals surface area contributed by atoms with Crippen molar-refractivity contribution in [1.29, 1.82) is 0 Å². The van der Waals surface area contributed by atoms with Crippen molar-refractivity contribution in [3.05, 3.63) is 0 Å². The minimum Gasteiger partial charge on any atom is -0.389 e. The van der Waals surface area contributed by atoms with Crippen LogP contribution in [0.2, 0.25) is 0 Å². The number of rotatable bonds is 43. The van der Waals surface area contributed by atoms with Crippen molar-refractivity contribution in [3.8, 4) is 0 Å². The zero-order valence-corrected chi connectivity index (χ0v) is 44.0. The molecule has 0 aromatic rings. The highest BCUT2D eigenvalue weighted by Crippen LogP contribution is 2.55. The van der Waals surface area contributed by atoms with Crippen molar-refractivity contribution >= 4 is 123 Å². The summed E-state index contributed by atoms with van der Waals surface area (Å²) in [5.74, 6) is -3.05. The lowest BCUT2D eigenvalue weighted by molar-refractivity contribution is 0.0698. The summed E-state index contributed by atoms with van der Waals surface area (Å²) < 4.78 is 101. The van der Waals surface area contributed by atoms with E-state index in [2.05, 4.69) is 0 Å². The minimum atomic E-state index is -4.60. The van der Waals surface area contributed by atoms with Crippen LogP contribution in [0.5, 0.6) is 0 Å². The lowest BCUT2D eigenvalue weighted by atomic mass is 10.4. The number of aliphatic hydroxyl groups excluding tert-OH is 8. The quantitative estimate of drug-likeness (QED) is 0.0321. The van der Waals surface area contributed by atoms with Crippen LogP contribution in [0.3, 0.4) is 0 Å². The number of nitrogens with zero attached hydrogens (tertiary/aromatic N) is 2. The van der Waals surface area contributed by atoms with Crippen LogP contribution < -0.4 is 0 Å². The molecular formula is C30H60Cl8N2O20P4. The van der Waals surface area contributed by atoms with Gasteiger partial charge >= 0.3 is 30.4 Å². The molecule has 0 aliphatic heterocycles. The summed E-state index contributed by atoms with van der Waals surface area (Å²) in [6.07, 6.45) is -14.7. The molecule has 0 heterocycles. The van der Waals surface area contributed by atoms with Crippen molar-refractivity contribution < 1.29 is 95.3 Å². The van der Waals surface area contributed by atoms with E-state index >= 15 is 0 Å². The van der Waals surface area contributed by atoms with Crippen LogP contribution in [0.15, 0.2) is 0 Å². The Balaban J connectivity index is 7.63. The number of hydrogen-bond donors (Lipinski definition) is 8. The standard InChI is InChI=1S/C30H60Cl8N2O20P4/c31-3-23(41)11-53-61(49,54-12-24(42)4-32)19-39(20-62(50,55-13-25(43)5-33)56-14-26(44)6-34)1-2-40(21-63(51,57-15-27(45)7-35)58-16-28(46)8-36)22-64(52,59-17-29(47)9-37)60-18-30(48)10-38/h23-30,41-48H,1-22H2. The first kappa shape index (κ1) is 66.5. The Bertz CT molecular complexity index is 1150. The van der Waals surface area contributed by atoms with Crippen molar-refractivity contribution in [3.63, 3.8) is 0 Å². The summed E-state index contributed by atoms with van der Waals surface area (Å²) in [6, 6.07) is 0. The van der Waals surface area contributed by atoms with Crippen LogP contribution in [0.25, 0.3) is 0 Å². The number of hydrogen-bond acceptors (Lipinski definition) is 22. The van der Waals surface area contributed by atoms with E-state index in [9.17, 15) is 59.1 Å². The van der Waals surface area contributed by atoms with E-state index < -0.39 is 170 Å². The van der Waals surface area contributed by atoms with Gasteiger partial charge in [0.1, 0.15) is 25.1 Å². The van der Waals surface area contributed by atoms with Gasteiger partial charge in [-0.15, -0.1) is 92.8 Å². The van der Waals surface area contributed by atoms with Gasteiger partial charge in [-0.25, -0.2) is 0 Å². The van der Waals surface area contributed by atoms with E-state index in [1.165, 1.54) is 0 Å². The minimum absolute atomic E-state index is 0.381. The van der Waals surface area contributed by atoms with Gasteiger partial charge in [0.2, 0.25) is 0 Å². The third-order valence-corrected chi connectivity index (χ3v) is 17.5. The summed E-state index contributed by atoms with van der Waals surface area (Å²) in [4.78, 5) is 2.13. The molecule has 0 saturated heterocycles. The highest BCUT2D eigenvalue weighted by Gasteiger charge is 2.39. The SMILES string of the molecule is O=P(CN(CCN(CP(=O)(OCC(O)CCl)OCC(O)CCl)CP(=O)(OCC(O)CCl)OCC(O)CCl)CP(=O)(OCC(O)CCl)OCC(O)CCl)(OCC(O)CCl)OCC(O)CCl. The molecule has 34 heteroatoms. The van der Waals surface area contributed by atoms with Crippen LogP contribution in [0, 0.1) is 0 Å². The molecule has 0 rings (SSSR count). The largest absolute Gasteiger partial charge is 0.389 e. The van der Waals surface area contributed by atoms with Gasteiger partial charge in [0.05, 0.1) is 149 Å². The molecule has 0 aliphatic rings. The molecule has 0 aromatic heterocycles. The Morgan fingerprint density at radius 2 is 0.422 bits per heavy atom. The van der Waals surface area contributed by atoms with E-state index in [4.69, 9.17) is 129 Å². The summed E-state index contributed by atoms with van der Waals surface area (Å²) in [5.41, 5.74) is 0. The second-order valence-corrected chi connectivity index (χ2v) is 24.2. The zero-order valence-electron chi connectivity index (χ0n) is 34.4. The van der Waals surface area contributed by atoms with Gasteiger partial charge in [-0.3, -0.25) is 28.1 Å². The molecule has 0 radical (unpaired) electrons. The maximum Gasteiger partial charge on any atom is 0.344 e. The second kappa shape index (κ2) is 36.4. The molecule has 0 fully saturated rings. The third kappa shape index (κ3) is 31.1. The first-order valence-electron chi connectivity index (χ1n) is 18.9. The summed E-state index contributed by atoms with van der Waals surface area (Å²) in [5, 5.41) is 81.2. The summed E-state index contributed by atoms with van der Waals surface area (Å²) in [6.45, 7) is -6.58. The van der Waals surface area contributed by atoms with Crippen LogP contribution in [-0.2, 0) is 54.5 Å². The van der Waals surface area contributed by atoms with Crippen molar-refractivity contribution in [1.82, 2.24) is 9.80 Å².